The van der Waals surface area contributed by atoms with Crippen molar-refractivity contribution in [1.82, 2.24) is 4.90 Å². The molecule has 0 N–H and O–H groups in total. The number of fused-ring (bicyclic) bond motifs is 2. The van der Waals surface area contributed by atoms with Crippen LogP contribution in [0, 0.1) is 0 Å². The molecule has 0 aromatic heterocycles. The van der Waals surface area contributed by atoms with Crippen molar-refractivity contribution in [2.75, 3.05) is 6.54 Å². The first-order chi connectivity index (χ1) is 12.6. The van der Waals surface area contributed by atoms with Gasteiger partial charge in [0.1, 0.15) is 0 Å². The maximum absolute atomic E-state index is 12.6. The first-order valence-electron chi connectivity index (χ1n) is 8.20. The molecule has 3 aromatic carbocycles. The van der Waals surface area contributed by atoms with Crippen molar-refractivity contribution in [3.05, 3.63) is 83.4 Å². The number of halogens is 1. The third kappa shape index (κ3) is 2.59. The lowest BCUT2D eigenvalue weighted by atomic mass is 9.93. The molecule has 2 amide bonds. The number of rotatable bonds is 4. The van der Waals surface area contributed by atoms with E-state index in [-0.39, 0.29) is 6.54 Å². The standard InChI is InChI=1S/C21H14ClNO3/c22-19(24)18(15-11-5-7-13-6-1-2-8-14(13)15)12-23-20(25)16-9-3-4-10-17(16)21(23)26/h1-11,18H,12H2. The predicted octanol–water partition coefficient (Wildman–Crippen LogP) is 3.99. The summed E-state index contributed by atoms with van der Waals surface area (Å²) >= 11 is 5.88. The summed E-state index contributed by atoms with van der Waals surface area (Å²) < 4.78 is 0. The van der Waals surface area contributed by atoms with E-state index in [2.05, 4.69) is 0 Å². The molecular formula is C21H14ClNO3. The van der Waals surface area contributed by atoms with Crippen LogP contribution in [0.25, 0.3) is 10.8 Å². The van der Waals surface area contributed by atoms with Crippen molar-refractivity contribution in [2.24, 2.45) is 0 Å². The number of benzene rings is 3. The molecule has 26 heavy (non-hydrogen) atoms. The molecule has 0 radical (unpaired) electrons. The Morgan fingerprint density at radius 1 is 0.846 bits per heavy atom. The first-order valence-corrected chi connectivity index (χ1v) is 8.58. The van der Waals surface area contributed by atoms with Crippen LogP contribution in [0.2, 0.25) is 0 Å². The van der Waals surface area contributed by atoms with Crippen LogP contribution in [-0.2, 0) is 4.79 Å². The summed E-state index contributed by atoms with van der Waals surface area (Å²) in [6.45, 7) is -0.0807. The molecule has 0 saturated carbocycles. The number of carbonyl (C=O) groups excluding carboxylic acids is 3. The van der Waals surface area contributed by atoms with Gasteiger partial charge in [0.2, 0.25) is 5.24 Å². The van der Waals surface area contributed by atoms with Crippen LogP contribution in [-0.4, -0.2) is 28.5 Å². The molecule has 4 rings (SSSR count). The van der Waals surface area contributed by atoms with Gasteiger partial charge in [-0.3, -0.25) is 19.3 Å². The molecule has 0 aliphatic carbocycles. The minimum absolute atomic E-state index is 0.0807. The maximum atomic E-state index is 12.6. The zero-order valence-corrected chi connectivity index (χ0v) is 14.4. The van der Waals surface area contributed by atoms with Crippen molar-refractivity contribution in [2.45, 2.75) is 5.92 Å². The normalized spacial score (nSPS) is 14.6. The zero-order valence-electron chi connectivity index (χ0n) is 13.7. The van der Waals surface area contributed by atoms with Crippen LogP contribution < -0.4 is 0 Å². The van der Waals surface area contributed by atoms with Gasteiger partial charge in [-0.25, -0.2) is 0 Å². The van der Waals surface area contributed by atoms with Crippen LogP contribution in [0.15, 0.2) is 66.7 Å². The Hall–Kier alpha value is -2.98. The van der Waals surface area contributed by atoms with E-state index in [1.807, 2.05) is 42.5 Å². The van der Waals surface area contributed by atoms with Crippen molar-refractivity contribution < 1.29 is 14.4 Å². The quantitative estimate of drug-likeness (QED) is 0.520. The van der Waals surface area contributed by atoms with Gasteiger partial charge in [0.15, 0.2) is 0 Å². The number of imide groups is 1. The van der Waals surface area contributed by atoms with Gasteiger partial charge in [0.05, 0.1) is 17.0 Å². The summed E-state index contributed by atoms with van der Waals surface area (Å²) in [6.07, 6.45) is 0. The highest BCUT2D eigenvalue weighted by atomic mass is 35.5. The Morgan fingerprint density at radius 3 is 2.08 bits per heavy atom. The fourth-order valence-corrected chi connectivity index (χ4v) is 3.62. The maximum Gasteiger partial charge on any atom is 0.261 e. The van der Waals surface area contributed by atoms with Crippen LogP contribution >= 0.6 is 11.6 Å². The second kappa shape index (κ2) is 6.39. The molecule has 1 heterocycles. The molecule has 5 heteroatoms. The average Bonchev–Trinajstić information content (AvgIpc) is 2.90. The Labute approximate surface area is 155 Å². The minimum Gasteiger partial charge on any atom is -0.281 e. The summed E-state index contributed by atoms with van der Waals surface area (Å²) in [5.74, 6) is -1.58. The summed E-state index contributed by atoms with van der Waals surface area (Å²) in [6, 6.07) is 19.9. The van der Waals surface area contributed by atoms with Gasteiger partial charge in [-0.15, -0.1) is 0 Å². The fraction of sp³-hybridized carbons (Fsp3) is 0.0952. The monoisotopic (exact) mass is 363 g/mol. The smallest absolute Gasteiger partial charge is 0.261 e. The largest absolute Gasteiger partial charge is 0.281 e. The van der Waals surface area contributed by atoms with Crippen LogP contribution in [0.1, 0.15) is 32.2 Å². The van der Waals surface area contributed by atoms with Crippen molar-refractivity contribution >= 4 is 39.4 Å². The lowest BCUT2D eigenvalue weighted by molar-refractivity contribution is -0.113. The minimum atomic E-state index is -0.787. The highest BCUT2D eigenvalue weighted by Gasteiger charge is 2.38. The van der Waals surface area contributed by atoms with E-state index in [1.165, 1.54) is 0 Å². The number of amides is 2. The number of carbonyl (C=O) groups is 3. The van der Waals surface area contributed by atoms with Crippen LogP contribution in [0.4, 0.5) is 0 Å². The topological polar surface area (TPSA) is 54.5 Å². The third-order valence-electron chi connectivity index (χ3n) is 4.72. The molecule has 1 aliphatic heterocycles. The Bertz CT molecular complexity index is 1020. The van der Waals surface area contributed by atoms with E-state index in [9.17, 15) is 14.4 Å². The van der Waals surface area contributed by atoms with Crippen molar-refractivity contribution in [1.29, 1.82) is 0 Å². The Morgan fingerprint density at radius 2 is 1.42 bits per heavy atom. The van der Waals surface area contributed by atoms with E-state index in [0.29, 0.717) is 16.7 Å². The lowest BCUT2D eigenvalue weighted by Crippen LogP contribution is -2.35. The number of hydrogen-bond donors (Lipinski definition) is 0. The van der Waals surface area contributed by atoms with Gasteiger partial charge in [-0.05, 0) is 40.1 Å². The SMILES string of the molecule is O=C(Cl)C(CN1C(=O)c2ccccc2C1=O)c1cccc2ccccc12. The lowest BCUT2D eigenvalue weighted by Gasteiger charge is -2.21. The molecule has 1 unspecified atom stereocenters. The van der Waals surface area contributed by atoms with E-state index >= 15 is 0 Å². The Balaban J connectivity index is 1.74. The fourth-order valence-electron chi connectivity index (χ4n) is 3.43. The van der Waals surface area contributed by atoms with E-state index < -0.39 is 23.0 Å². The second-order valence-electron chi connectivity index (χ2n) is 6.19. The van der Waals surface area contributed by atoms with Crippen molar-refractivity contribution in [3.8, 4) is 0 Å². The van der Waals surface area contributed by atoms with E-state index in [1.54, 1.807) is 24.3 Å². The summed E-state index contributed by atoms with van der Waals surface area (Å²) in [4.78, 5) is 38.5. The molecule has 1 aliphatic rings. The summed E-state index contributed by atoms with van der Waals surface area (Å²) in [5, 5.41) is 1.25. The third-order valence-corrected chi connectivity index (χ3v) is 4.98. The highest BCUT2D eigenvalue weighted by molar-refractivity contribution is 6.64. The van der Waals surface area contributed by atoms with Gasteiger partial charge in [-0.1, -0.05) is 54.6 Å². The summed E-state index contributed by atoms with van der Waals surface area (Å²) in [7, 11) is 0. The zero-order chi connectivity index (χ0) is 18.3. The molecule has 0 spiro atoms. The van der Waals surface area contributed by atoms with Crippen LogP contribution in [0.3, 0.4) is 0 Å². The van der Waals surface area contributed by atoms with Gasteiger partial charge >= 0.3 is 0 Å². The van der Waals surface area contributed by atoms with Crippen LogP contribution in [0.5, 0.6) is 0 Å². The summed E-state index contributed by atoms with van der Waals surface area (Å²) in [5.41, 5.74) is 1.42. The number of nitrogens with zero attached hydrogens (tertiary/aromatic N) is 1. The van der Waals surface area contributed by atoms with Gasteiger partial charge < -0.3 is 0 Å². The van der Waals surface area contributed by atoms with Gasteiger partial charge in [0.25, 0.3) is 11.8 Å². The molecule has 128 valence electrons. The molecule has 0 fully saturated rings. The van der Waals surface area contributed by atoms with E-state index in [4.69, 9.17) is 11.6 Å². The molecule has 0 saturated heterocycles. The molecule has 3 aromatic rings. The Kier molecular flexibility index (Phi) is 4.05. The van der Waals surface area contributed by atoms with Crippen molar-refractivity contribution in [3.63, 3.8) is 0 Å². The highest BCUT2D eigenvalue weighted by Crippen LogP contribution is 2.31. The molecule has 4 nitrogen and oxygen atoms in total. The number of hydrogen-bond acceptors (Lipinski definition) is 3. The first kappa shape index (κ1) is 16.5. The second-order valence-corrected chi connectivity index (χ2v) is 6.56. The molecule has 1 atom stereocenters. The molecular weight excluding hydrogens is 350 g/mol. The van der Waals surface area contributed by atoms with E-state index in [0.717, 1.165) is 15.7 Å². The predicted molar refractivity (Wildman–Crippen MR) is 99.4 cm³/mol. The average molecular weight is 364 g/mol. The molecule has 0 bridgehead atoms. The van der Waals surface area contributed by atoms with Gasteiger partial charge in [0, 0.05) is 6.54 Å². The van der Waals surface area contributed by atoms with Gasteiger partial charge in [-0.2, -0.15) is 0 Å².